The summed E-state index contributed by atoms with van der Waals surface area (Å²) in [4.78, 5) is 1.90. The SMILES string of the molecule is CCC(C#N)(COC)N(C)C. The Bertz CT molecular complexity index is 151. The third-order valence-corrected chi connectivity index (χ3v) is 2.03. The van der Waals surface area contributed by atoms with Crippen molar-refractivity contribution in [3.63, 3.8) is 0 Å². The molecule has 3 nitrogen and oxygen atoms in total. The molecule has 0 fully saturated rings. The van der Waals surface area contributed by atoms with E-state index in [1.807, 2.05) is 25.9 Å². The third kappa shape index (κ3) is 2.18. The predicted octanol–water partition coefficient (Wildman–Crippen LogP) is 0.867. The normalized spacial score (nSPS) is 16.0. The molecule has 0 bridgehead atoms. The summed E-state index contributed by atoms with van der Waals surface area (Å²) in [5, 5.41) is 8.91. The molecule has 0 aliphatic heterocycles. The topological polar surface area (TPSA) is 36.3 Å². The highest BCUT2D eigenvalue weighted by Gasteiger charge is 2.30. The summed E-state index contributed by atoms with van der Waals surface area (Å²) in [6.45, 7) is 2.45. The minimum atomic E-state index is -0.450. The zero-order chi connectivity index (χ0) is 8.91. The van der Waals surface area contributed by atoms with Gasteiger partial charge in [0.05, 0.1) is 12.7 Å². The smallest absolute Gasteiger partial charge is 0.131 e. The van der Waals surface area contributed by atoms with Crippen molar-refractivity contribution in [3.05, 3.63) is 0 Å². The van der Waals surface area contributed by atoms with E-state index < -0.39 is 5.54 Å². The van der Waals surface area contributed by atoms with Crippen molar-refractivity contribution in [1.82, 2.24) is 4.90 Å². The van der Waals surface area contributed by atoms with Crippen LogP contribution in [0.4, 0.5) is 0 Å². The van der Waals surface area contributed by atoms with Gasteiger partial charge in [0.1, 0.15) is 5.54 Å². The molecule has 0 aliphatic rings. The molecule has 0 amide bonds. The fourth-order valence-corrected chi connectivity index (χ4v) is 0.998. The van der Waals surface area contributed by atoms with Gasteiger partial charge in [-0.05, 0) is 20.5 Å². The molecule has 0 rings (SSSR count). The Labute approximate surface area is 68.6 Å². The lowest BCUT2D eigenvalue weighted by atomic mass is 9.98. The van der Waals surface area contributed by atoms with Gasteiger partial charge >= 0.3 is 0 Å². The van der Waals surface area contributed by atoms with Gasteiger partial charge < -0.3 is 4.74 Å². The van der Waals surface area contributed by atoms with Crippen LogP contribution in [0.5, 0.6) is 0 Å². The van der Waals surface area contributed by atoms with Crippen molar-refractivity contribution < 1.29 is 4.74 Å². The van der Waals surface area contributed by atoms with Gasteiger partial charge in [-0.1, -0.05) is 6.92 Å². The predicted molar refractivity (Wildman–Crippen MR) is 44.2 cm³/mol. The van der Waals surface area contributed by atoms with E-state index in [0.717, 1.165) is 6.42 Å². The van der Waals surface area contributed by atoms with Crippen molar-refractivity contribution >= 4 is 0 Å². The summed E-state index contributed by atoms with van der Waals surface area (Å²) in [6, 6.07) is 2.27. The zero-order valence-electron chi connectivity index (χ0n) is 7.72. The largest absolute Gasteiger partial charge is 0.382 e. The molecule has 0 N–H and O–H groups in total. The van der Waals surface area contributed by atoms with Crippen LogP contribution in [-0.4, -0.2) is 38.3 Å². The molecule has 0 spiro atoms. The maximum absolute atomic E-state index is 8.91. The Morgan fingerprint density at radius 2 is 2.09 bits per heavy atom. The van der Waals surface area contributed by atoms with E-state index in [-0.39, 0.29) is 0 Å². The fraction of sp³-hybridized carbons (Fsp3) is 0.875. The van der Waals surface area contributed by atoms with Gasteiger partial charge in [-0.25, -0.2) is 0 Å². The first-order valence-corrected chi connectivity index (χ1v) is 3.70. The highest BCUT2D eigenvalue weighted by atomic mass is 16.5. The van der Waals surface area contributed by atoms with Crippen molar-refractivity contribution in [2.75, 3.05) is 27.8 Å². The highest BCUT2D eigenvalue weighted by Crippen LogP contribution is 2.15. The second kappa shape index (κ2) is 4.32. The summed E-state index contributed by atoms with van der Waals surface area (Å²) in [7, 11) is 5.41. The molecule has 0 aromatic rings. The Hall–Kier alpha value is -0.590. The summed E-state index contributed by atoms with van der Waals surface area (Å²) >= 11 is 0. The van der Waals surface area contributed by atoms with Crippen molar-refractivity contribution in [1.29, 1.82) is 5.26 Å². The summed E-state index contributed by atoms with van der Waals surface area (Å²) in [5.41, 5.74) is -0.450. The van der Waals surface area contributed by atoms with Crippen molar-refractivity contribution in [3.8, 4) is 6.07 Å². The molecule has 0 saturated carbocycles. The van der Waals surface area contributed by atoms with Crippen molar-refractivity contribution in [2.45, 2.75) is 18.9 Å². The fourth-order valence-electron chi connectivity index (χ4n) is 0.998. The Kier molecular flexibility index (Phi) is 4.09. The van der Waals surface area contributed by atoms with E-state index in [0.29, 0.717) is 6.61 Å². The second-order valence-electron chi connectivity index (χ2n) is 2.82. The van der Waals surface area contributed by atoms with Gasteiger partial charge in [-0.3, -0.25) is 4.90 Å². The summed E-state index contributed by atoms with van der Waals surface area (Å²) in [6.07, 6.45) is 0.782. The van der Waals surface area contributed by atoms with E-state index in [1.54, 1.807) is 7.11 Å². The van der Waals surface area contributed by atoms with Crippen LogP contribution in [0.3, 0.4) is 0 Å². The summed E-state index contributed by atoms with van der Waals surface area (Å²) in [5.74, 6) is 0. The average molecular weight is 156 g/mol. The number of nitriles is 1. The molecule has 64 valence electrons. The van der Waals surface area contributed by atoms with E-state index in [4.69, 9.17) is 10.00 Å². The van der Waals surface area contributed by atoms with Crippen LogP contribution >= 0.6 is 0 Å². The van der Waals surface area contributed by atoms with E-state index in [2.05, 4.69) is 6.07 Å². The van der Waals surface area contributed by atoms with Gasteiger partial charge in [-0.2, -0.15) is 5.26 Å². The van der Waals surface area contributed by atoms with Gasteiger partial charge in [0.15, 0.2) is 0 Å². The molecule has 1 unspecified atom stereocenters. The maximum atomic E-state index is 8.91. The first kappa shape index (κ1) is 10.4. The molecule has 0 heterocycles. The number of hydrogen-bond donors (Lipinski definition) is 0. The molecular formula is C8H16N2O. The van der Waals surface area contributed by atoms with Crippen LogP contribution < -0.4 is 0 Å². The van der Waals surface area contributed by atoms with Crippen LogP contribution in [0.1, 0.15) is 13.3 Å². The summed E-state index contributed by atoms with van der Waals surface area (Å²) < 4.78 is 4.99. The van der Waals surface area contributed by atoms with Crippen molar-refractivity contribution in [2.24, 2.45) is 0 Å². The van der Waals surface area contributed by atoms with Crippen LogP contribution in [0, 0.1) is 11.3 Å². The van der Waals surface area contributed by atoms with E-state index in [9.17, 15) is 0 Å². The lowest BCUT2D eigenvalue weighted by molar-refractivity contribution is 0.0754. The first-order chi connectivity index (χ1) is 5.13. The monoisotopic (exact) mass is 156 g/mol. The molecule has 0 aromatic heterocycles. The number of likely N-dealkylation sites (N-methyl/N-ethyl adjacent to an activating group) is 1. The van der Waals surface area contributed by atoms with Crippen LogP contribution in [0.2, 0.25) is 0 Å². The first-order valence-electron chi connectivity index (χ1n) is 3.70. The van der Waals surface area contributed by atoms with Gasteiger partial charge in [0.2, 0.25) is 0 Å². The lowest BCUT2D eigenvalue weighted by Crippen LogP contribution is -2.46. The zero-order valence-corrected chi connectivity index (χ0v) is 7.72. The molecule has 0 radical (unpaired) electrons. The number of hydrogen-bond acceptors (Lipinski definition) is 3. The van der Waals surface area contributed by atoms with Crippen LogP contribution in [-0.2, 0) is 4.74 Å². The number of ether oxygens (including phenoxy) is 1. The number of rotatable bonds is 4. The standard InChI is InChI=1S/C8H16N2O/c1-5-8(6-9,7-11-4)10(2)3/h5,7H2,1-4H3. The molecule has 0 aliphatic carbocycles. The number of nitrogens with zero attached hydrogens (tertiary/aromatic N) is 2. The third-order valence-electron chi connectivity index (χ3n) is 2.03. The van der Waals surface area contributed by atoms with Crippen LogP contribution in [0.15, 0.2) is 0 Å². The highest BCUT2D eigenvalue weighted by molar-refractivity contribution is 5.06. The van der Waals surface area contributed by atoms with Gasteiger partial charge in [0.25, 0.3) is 0 Å². The quantitative estimate of drug-likeness (QED) is 0.606. The molecular weight excluding hydrogens is 140 g/mol. The Morgan fingerprint density at radius 3 is 2.18 bits per heavy atom. The molecule has 0 saturated heterocycles. The maximum Gasteiger partial charge on any atom is 0.131 e. The van der Waals surface area contributed by atoms with E-state index >= 15 is 0 Å². The Balaban J connectivity index is 4.36. The minimum Gasteiger partial charge on any atom is -0.382 e. The lowest BCUT2D eigenvalue weighted by Gasteiger charge is -2.31. The molecule has 11 heavy (non-hydrogen) atoms. The number of methoxy groups -OCH3 is 1. The second-order valence-corrected chi connectivity index (χ2v) is 2.82. The van der Waals surface area contributed by atoms with Gasteiger partial charge in [-0.15, -0.1) is 0 Å². The Morgan fingerprint density at radius 1 is 1.55 bits per heavy atom. The van der Waals surface area contributed by atoms with Crippen LogP contribution in [0.25, 0.3) is 0 Å². The van der Waals surface area contributed by atoms with E-state index in [1.165, 1.54) is 0 Å². The average Bonchev–Trinajstić information content (AvgIpc) is 2.00. The minimum absolute atomic E-state index is 0.450. The van der Waals surface area contributed by atoms with Gasteiger partial charge in [0, 0.05) is 7.11 Å². The molecule has 3 heteroatoms. The molecule has 0 aromatic carbocycles. The molecule has 1 atom stereocenters.